The molecule has 50 heavy (non-hydrogen) atoms. The number of benzene rings is 3. The van der Waals surface area contributed by atoms with Gasteiger partial charge in [-0.1, -0.05) is 91.9 Å². The molecule has 9 heteroatoms. The first-order valence-corrected chi connectivity index (χ1v) is 16.8. The van der Waals surface area contributed by atoms with Gasteiger partial charge in [0.25, 0.3) is 0 Å². The minimum atomic E-state index is -1.01. The molecule has 3 atom stereocenters. The number of ether oxygens (including phenoxy) is 1. The van der Waals surface area contributed by atoms with Gasteiger partial charge in [0.2, 0.25) is 11.7 Å². The SMILES string of the molecule is C[C@H](CC(=O)OCc1ccccc1)C(=O)N[C@@H](Cc1c[nH]c2ccccc12)C(=O)C[C@@H](Cc1ccccc1)C(=O)C(=O)CCc1ccccn1. The predicted octanol–water partition coefficient (Wildman–Crippen LogP) is 5.95. The molecule has 2 N–H and O–H groups in total. The number of pyridine rings is 1. The molecule has 0 aliphatic heterocycles. The number of hydrogen-bond donors (Lipinski definition) is 2. The van der Waals surface area contributed by atoms with E-state index in [4.69, 9.17) is 4.74 Å². The van der Waals surface area contributed by atoms with E-state index in [0.29, 0.717) is 12.1 Å². The molecule has 256 valence electrons. The fraction of sp³-hybridized carbons (Fsp3) is 0.268. The monoisotopic (exact) mass is 671 g/mol. The molecule has 5 aromatic rings. The number of esters is 1. The number of hydrogen-bond acceptors (Lipinski definition) is 7. The second-order valence-corrected chi connectivity index (χ2v) is 12.5. The van der Waals surface area contributed by atoms with Crippen LogP contribution in [0.15, 0.2) is 116 Å². The van der Waals surface area contributed by atoms with Crippen molar-refractivity contribution < 1.29 is 28.7 Å². The van der Waals surface area contributed by atoms with Gasteiger partial charge < -0.3 is 15.0 Å². The van der Waals surface area contributed by atoms with Crippen LogP contribution in [0.1, 0.15) is 48.6 Å². The van der Waals surface area contributed by atoms with Crippen LogP contribution in [0.3, 0.4) is 0 Å². The molecule has 0 spiro atoms. The standard InChI is InChI=1S/C41H41N3O6/c1-28(22-39(47)50-27-30-14-6-3-7-15-30)41(49)44-36(24-32-26-43-35-18-9-8-17-34(32)35)38(46)25-31(23-29-12-4-2-5-13-29)40(48)37(45)20-19-33-16-10-11-21-42-33/h2-18,21,26,28,31,36,43H,19-20,22-25,27H2,1H3,(H,44,49)/t28-,31-,36+/m1/s1. The maximum absolute atomic E-state index is 14.2. The fourth-order valence-corrected chi connectivity index (χ4v) is 5.90. The van der Waals surface area contributed by atoms with Crippen molar-refractivity contribution in [3.05, 3.63) is 138 Å². The Morgan fingerprint density at radius 1 is 0.780 bits per heavy atom. The zero-order valence-electron chi connectivity index (χ0n) is 28.0. The highest BCUT2D eigenvalue weighted by Gasteiger charge is 2.32. The quantitative estimate of drug-likeness (QED) is 0.0869. The molecular formula is C41H41N3O6. The van der Waals surface area contributed by atoms with E-state index in [0.717, 1.165) is 27.6 Å². The van der Waals surface area contributed by atoms with Gasteiger partial charge in [0.15, 0.2) is 11.6 Å². The van der Waals surface area contributed by atoms with Crippen LogP contribution in [-0.4, -0.2) is 45.2 Å². The van der Waals surface area contributed by atoms with Crippen LogP contribution >= 0.6 is 0 Å². The number of rotatable bonds is 18. The number of ketones is 3. The third-order valence-electron chi connectivity index (χ3n) is 8.72. The number of Topliss-reactive ketones (excluding diaryl/α,β-unsaturated/α-hetero) is 3. The summed E-state index contributed by atoms with van der Waals surface area (Å²) >= 11 is 0. The topological polar surface area (TPSA) is 135 Å². The van der Waals surface area contributed by atoms with Crippen molar-refractivity contribution in [3.8, 4) is 0 Å². The van der Waals surface area contributed by atoms with Crippen LogP contribution < -0.4 is 5.32 Å². The second kappa shape index (κ2) is 17.6. The second-order valence-electron chi connectivity index (χ2n) is 12.5. The third kappa shape index (κ3) is 10.2. The first-order chi connectivity index (χ1) is 24.3. The molecule has 0 unspecified atom stereocenters. The lowest BCUT2D eigenvalue weighted by atomic mass is 9.85. The molecule has 0 saturated heterocycles. The van der Waals surface area contributed by atoms with Crippen molar-refractivity contribution in [1.82, 2.24) is 15.3 Å². The third-order valence-corrected chi connectivity index (χ3v) is 8.72. The summed E-state index contributed by atoms with van der Waals surface area (Å²) in [5.74, 6) is -4.30. The van der Waals surface area contributed by atoms with Gasteiger partial charge in [0.1, 0.15) is 6.61 Å². The lowest BCUT2D eigenvalue weighted by Gasteiger charge is -2.22. The average Bonchev–Trinajstić information content (AvgIpc) is 3.55. The van der Waals surface area contributed by atoms with Crippen molar-refractivity contribution in [2.75, 3.05) is 0 Å². The number of nitrogens with zero attached hydrogens (tertiary/aromatic N) is 1. The molecule has 0 fully saturated rings. The van der Waals surface area contributed by atoms with E-state index in [1.165, 1.54) is 0 Å². The Morgan fingerprint density at radius 2 is 1.46 bits per heavy atom. The van der Waals surface area contributed by atoms with Crippen molar-refractivity contribution in [3.63, 3.8) is 0 Å². The average molecular weight is 672 g/mol. The Hall–Kier alpha value is -5.70. The molecule has 0 saturated carbocycles. The minimum absolute atomic E-state index is 0.0251. The first-order valence-electron chi connectivity index (χ1n) is 16.8. The van der Waals surface area contributed by atoms with Gasteiger partial charge in [-0.25, -0.2) is 0 Å². The van der Waals surface area contributed by atoms with Gasteiger partial charge in [0, 0.05) is 60.1 Å². The zero-order chi connectivity index (χ0) is 35.3. The van der Waals surface area contributed by atoms with Crippen LogP contribution in [0.25, 0.3) is 10.9 Å². The van der Waals surface area contributed by atoms with E-state index in [2.05, 4.69) is 15.3 Å². The summed E-state index contributed by atoms with van der Waals surface area (Å²) in [5.41, 5.74) is 4.04. The van der Waals surface area contributed by atoms with Gasteiger partial charge in [-0.2, -0.15) is 0 Å². The van der Waals surface area contributed by atoms with E-state index >= 15 is 0 Å². The highest BCUT2D eigenvalue weighted by atomic mass is 16.5. The molecule has 0 aliphatic carbocycles. The molecule has 2 heterocycles. The Bertz CT molecular complexity index is 1910. The van der Waals surface area contributed by atoms with Crippen molar-refractivity contribution in [1.29, 1.82) is 0 Å². The number of amides is 1. The van der Waals surface area contributed by atoms with Crippen LogP contribution in [0.2, 0.25) is 0 Å². The molecule has 9 nitrogen and oxygen atoms in total. The van der Waals surface area contributed by atoms with Crippen LogP contribution in [-0.2, 0) is 54.6 Å². The Morgan fingerprint density at radius 3 is 2.18 bits per heavy atom. The van der Waals surface area contributed by atoms with Crippen LogP contribution in [0.5, 0.6) is 0 Å². The number of aryl methyl sites for hydroxylation is 1. The number of fused-ring (bicyclic) bond motifs is 1. The maximum Gasteiger partial charge on any atom is 0.306 e. The van der Waals surface area contributed by atoms with Gasteiger partial charge in [-0.15, -0.1) is 0 Å². The maximum atomic E-state index is 14.2. The van der Waals surface area contributed by atoms with Crippen LogP contribution in [0.4, 0.5) is 0 Å². The summed E-state index contributed by atoms with van der Waals surface area (Å²) in [4.78, 5) is 74.6. The fourth-order valence-electron chi connectivity index (χ4n) is 5.90. The largest absolute Gasteiger partial charge is 0.461 e. The van der Waals surface area contributed by atoms with Crippen molar-refractivity contribution in [2.45, 2.75) is 58.1 Å². The molecule has 0 aliphatic rings. The smallest absolute Gasteiger partial charge is 0.306 e. The molecule has 3 aromatic carbocycles. The number of aromatic amines is 1. The number of nitrogens with one attached hydrogen (secondary N) is 2. The Kier molecular flexibility index (Phi) is 12.6. The lowest BCUT2D eigenvalue weighted by Crippen LogP contribution is -2.46. The van der Waals surface area contributed by atoms with Gasteiger partial charge in [-0.3, -0.25) is 29.0 Å². The van der Waals surface area contributed by atoms with Crippen molar-refractivity contribution in [2.24, 2.45) is 11.8 Å². The first kappa shape index (κ1) is 35.6. The molecule has 2 aromatic heterocycles. The highest BCUT2D eigenvalue weighted by molar-refractivity contribution is 6.38. The molecule has 0 radical (unpaired) electrons. The molecule has 1 amide bonds. The highest BCUT2D eigenvalue weighted by Crippen LogP contribution is 2.22. The zero-order valence-corrected chi connectivity index (χ0v) is 28.0. The van der Waals surface area contributed by atoms with Crippen molar-refractivity contribution >= 4 is 40.1 Å². The number of aromatic nitrogens is 2. The summed E-state index contributed by atoms with van der Waals surface area (Å²) in [6.45, 7) is 1.70. The molecule has 0 bridgehead atoms. The minimum Gasteiger partial charge on any atom is -0.461 e. The number of H-pyrrole nitrogens is 1. The molecular weight excluding hydrogens is 630 g/mol. The lowest BCUT2D eigenvalue weighted by molar-refractivity contribution is -0.148. The summed E-state index contributed by atoms with van der Waals surface area (Å²) < 4.78 is 5.38. The Labute approximate surface area is 291 Å². The number of carbonyl (C=O) groups excluding carboxylic acids is 5. The van der Waals surface area contributed by atoms with Gasteiger partial charge in [0.05, 0.1) is 12.5 Å². The van der Waals surface area contributed by atoms with E-state index in [-0.39, 0.29) is 44.5 Å². The number of carbonyl (C=O) groups is 5. The predicted molar refractivity (Wildman–Crippen MR) is 190 cm³/mol. The molecule has 5 rings (SSSR count). The summed E-state index contributed by atoms with van der Waals surface area (Å²) in [6, 6.07) is 30.5. The van der Waals surface area contributed by atoms with E-state index in [1.54, 1.807) is 31.5 Å². The van der Waals surface area contributed by atoms with Gasteiger partial charge in [-0.05, 0) is 47.7 Å². The Balaban J connectivity index is 1.32. The normalized spacial score (nSPS) is 12.8. The summed E-state index contributed by atoms with van der Waals surface area (Å²) in [7, 11) is 0. The van der Waals surface area contributed by atoms with E-state index in [1.807, 2.05) is 91.0 Å². The van der Waals surface area contributed by atoms with E-state index < -0.39 is 41.3 Å². The van der Waals surface area contributed by atoms with Crippen LogP contribution in [0, 0.1) is 11.8 Å². The summed E-state index contributed by atoms with van der Waals surface area (Å²) in [6.07, 6.45) is 3.64. The number of para-hydroxylation sites is 1. The van der Waals surface area contributed by atoms with Gasteiger partial charge >= 0.3 is 5.97 Å². The summed E-state index contributed by atoms with van der Waals surface area (Å²) in [5, 5.41) is 3.77. The van der Waals surface area contributed by atoms with E-state index in [9.17, 15) is 24.0 Å².